The van der Waals surface area contributed by atoms with Crippen LogP contribution in [-0.2, 0) is 11.8 Å². The van der Waals surface area contributed by atoms with Crippen molar-refractivity contribution in [3.8, 4) is 0 Å². The van der Waals surface area contributed by atoms with Gasteiger partial charge in [0.2, 0.25) is 5.78 Å². The number of hydrogen-bond donors (Lipinski definition) is 0. The van der Waals surface area contributed by atoms with Crippen LogP contribution >= 0.6 is 0 Å². The van der Waals surface area contributed by atoms with E-state index in [2.05, 4.69) is 10.1 Å². The predicted molar refractivity (Wildman–Crippen MR) is 53.5 cm³/mol. The Balaban J connectivity index is 2.23. The summed E-state index contributed by atoms with van der Waals surface area (Å²) >= 11 is 0. The Morgan fingerprint density at radius 2 is 2.40 bits per heavy atom. The van der Waals surface area contributed by atoms with Gasteiger partial charge < -0.3 is 4.74 Å². The highest BCUT2D eigenvalue weighted by atomic mass is 16.5. The Morgan fingerprint density at radius 1 is 1.60 bits per heavy atom. The molecule has 0 aliphatic carbocycles. The summed E-state index contributed by atoms with van der Waals surface area (Å²) < 4.78 is 7.07. The van der Waals surface area contributed by atoms with Crippen molar-refractivity contribution in [2.24, 2.45) is 7.05 Å². The molecular formula is C10H15N3O2. The third kappa shape index (κ3) is 1.79. The Labute approximate surface area is 88.4 Å². The van der Waals surface area contributed by atoms with E-state index in [0.29, 0.717) is 12.4 Å². The predicted octanol–water partition coefficient (Wildman–Crippen LogP) is 0.957. The first-order valence-corrected chi connectivity index (χ1v) is 5.16. The van der Waals surface area contributed by atoms with Crippen molar-refractivity contribution in [3.05, 3.63) is 12.2 Å². The van der Waals surface area contributed by atoms with E-state index in [-0.39, 0.29) is 5.78 Å². The van der Waals surface area contributed by atoms with Gasteiger partial charge in [-0.25, -0.2) is 9.67 Å². The number of nitrogens with zero attached hydrogens (tertiary/aromatic N) is 3. The zero-order valence-electron chi connectivity index (χ0n) is 9.06. The molecule has 2 heterocycles. The average Bonchev–Trinajstić information content (AvgIpc) is 2.64. The number of Topliss-reactive ketones (excluding diaryl/α,β-unsaturated/α-hetero) is 1. The Morgan fingerprint density at radius 3 is 2.93 bits per heavy atom. The van der Waals surface area contributed by atoms with Gasteiger partial charge in [-0.2, -0.15) is 5.10 Å². The van der Waals surface area contributed by atoms with E-state index >= 15 is 0 Å². The summed E-state index contributed by atoms with van der Waals surface area (Å²) in [6, 6.07) is 0. The molecule has 0 N–H and O–H groups in total. The van der Waals surface area contributed by atoms with Gasteiger partial charge in [0.25, 0.3) is 0 Å². The van der Waals surface area contributed by atoms with Gasteiger partial charge in [-0.1, -0.05) is 0 Å². The molecule has 2 rings (SSSR count). The summed E-state index contributed by atoms with van der Waals surface area (Å²) in [4.78, 5) is 16.1. The second kappa shape index (κ2) is 3.73. The molecule has 0 saturated carbocycles. The van der Waals surface area contributed by atoms with Crippen LogP contribution in [-0.4, -0.2) is 32.8 Å². The maximum absolute atomic E-state index is 12.2. The van der Waals surface area contributed by atoms with Gasteiger partial charge in [-0.15, -0.1) is 0 Å². The molecule has 1 saturated heterocycles. The normalized spacial score (nSPS) is 26.5. The van der Waals surface area contributed by atoms with Crippen LogP contribution in [0.4, 0.5) is 0 Å². The maximum Gasteiger partial charge on any atom is 0.231 e. The molecule has 1 unspecified atom stereocenters. The maximum atomic E-state index is 12.2. The highest BCUT2D eigenvalue weighted by molar-refractivity contribution is 5.99. The second-order valence-corrected chi connectivity index (χ2v) is 4.07. The van der Waals surface area contributed by atoms with Crippen LogP contribution in [0.2, 0.25) is 0 Å². The van der Waals surface area contributed by atoms with Crippen molar-refractivity contribution in [1.82, 2.24) is 14.8 Å². The number of ketones is 1. The van der Waals surface area contributed by atoms with Crippen LogP contribution < -0.4 is 0 Å². The van der Waals surface area contributed by atoms with Crippen molar-refractivity contribution in [2.45, 2.75) is 31.8 Å². The van der Waals surface area contributed by atoms with E-state index < -0.39 is 5.60 Å². The quantitative estimate of drug-likeness (QED) is 0.681. The van der Waals surface area contributed by atoms with Crippen LogP contribution in [0.15, 0.2) is 6.33 Å². The standard InChI is InChI=1S/C10H15N3O2/c1-10(5-3-4-6-15-10)8(14)9-11-7-12-13(9)2/h7H,3-6H2,1-2H3. The molecule has 0 amide bonds. The third-order valence-electron chi connectivity index (χ3n) is 2.86. The summed E-state index contributed by atoms with van der Waals surface area (Å²) in [7, 11) is 1.71. The molecule has 82 valence electrons. The van der Waals surface area contributed by atoms with Crippen LogP contribution in [0.25, 0.3) is 0 Å². The monoisotopic (exact) mass is 209 g/mol. The van der Waals surface area contributed by atoms with E-state index in [1.54, 1.807) is 7.05 Å². The number of ether oxygens (including phenoxy) is 1. The van der Waals surface area contributed by atoms with Crippen molar-refractivity contribution in [3.63, 3.8) is 0 Å². The molecule has 0 aromatic carbocycles. The number of carbonyl (C=O) groups is 1. The molecule has 1 aliphatic heterocycles. The minimum absolute atomic E-state index is 0.0674. The van der Waals surface area contributed by atoms with E-state index in [9.17, 15) is 4.79 Å². The zero-order chi connectivity index (χ0) is 10.9. The molecule has 1 atom stereocenters. The molecular weight excluding hydrogens is 194 g/mol. The lowest BCUT2D eigenvalue weighted by Gasteiger charge is -2.31. The van der Waals surface area contributed by atoms with Crippen LogP contribution in [0.3, 0.4) is 0 Å². The Bertz CT molecular complexity index is 366. The molecule has 0 radical (unpaired) electrons. The largest absolute Gasteiger partial charge is 0.367 e. The number of rotatable bonds is 2. The first-order valence-electron chi connectivity index (χ1n) is 5.16. The van der Waals surface area contributed by atoms with Crippen LogP contribution in [0.5, 0.6) is 0 Å². The number of hydrogen-bond acceptors (Lipinski definition) is 4. The number of aryl methyl sites for hydroxylation is 1. The van der Waals surface area contributed by atoms with Crippen molar-refractivity contribution in [1.29, 1.82) is 0 Å². The third-order valence-corrected chi connectivity index (χ3v) is 2.86. The van der Waals surface area contributed by atoms with E-state index in [1.165, 1.54) is 11.0 Å². The van der Waals surface area contributed by atoms with Gasteiger partial charge in [-0.3, -0.25) is 4.79 Å². The first kappa shape index (κ1) is 10.3. The second-order valence-electron chi connectivity index (χ2n) is 4.07. The van der Waals surface area contributed by atoms with E-state index in [4.69, 9.17) is 4.74 Å². The summed E-state index contributed by atoms with van der Waals surface area (Å²) in [5.74, 6) is 0.307. The van der Waals surface area contributed by atoms with Crippen molar-refractivity contribution < 1.29 is 9.53 Å². The van der Waals surface area contributed by atoms with Gasteiger partial charge >= 0.3 is 0 Å². The molecule has 0 spiro atoms. The zero-order valence-corrected chi connectivity index (χ0v) is 9.06. The molecule has 1 aliphatic rings. The first-order chi connectivity index (χ1) is 7.13. The lowest BCUT2D eigenvalue weighted by Crippen LogP contribution is -2.42. The van der Waals surface area contributed by atoms with Crippen molar-refractivity contribution in [2.75, 3.05) is 6.61 Å². The fraction of sp³-hybridized carbons (Fsp3) is 0.700. The lowest BCUT2D eigenvalue weighted by atomic mass is 9.91. The molecule has 5 nitrogen and oxygen atoms in total. The number of aromatic nitrogens is 3. The topological polar surface area (TPSA) is 57.0 Å². The van der Waals surface area contributed by atoms with E-state index in [0.717, 1.165) is 19.3 Å². The number of carbonyl (C=O) groups excluding carboxylic acids is 1. The lowest BCUT2D eigenvalue weighted by molar-refractivity contribution is -0.0434. The van der Waals surface area contributed by atoms with Gasteiger partial charge in [0, 0.05) is 13.7 Å². The smallest absolute Gasteiger partial charge is 0.231 e. The van der Waals surface area contributed by atoms with Gasteiger partial charge in [0.1, 0.15) is 11.9 Å². The van der Waals surface area contributed by atoms with Crippen LogP contribution in [0.1, 0.15) is 36.8 Å². The summed E-state index contributed by atoms with van der Waals surface area (Å²) in [6.07, 6.45) is 4.21. The molecule has 5 heteroatoms. The van der Waals surface area contributed by atoms with Crippen molar-refractivity contribution >= 4 is 5.78 Å². The summed E-state index contributed by atoms with van der Waals surface area (Å²) in [5.41, 5.74) is -0.709. The summed E-state index contributed by atoms with van der Waals surface area (Å²) in [5, 5.41) is 3.89. The molecule has 1 fully saturated rings. The van der Waals surface area contributed by atoms with E-state index in [1.807, 2.05) is 6.92 Å². The SMILES string of the molecule is Cn1ncnc1C(=O)C1(C)CCCCO1. The highest BCUT2D eigenvalue weighted by Gasteiger charge is 2.38. The van der Waals surface area contributed by atoms with Crippen LogP contribution in [0, 0.1) is 0 Å². The Kier molecular flexibility index (Phi) is 2.56. The highest BCUT2D eigenvalue weighted by Crippen LogP contribution is 2.27. The Hall–Kier alpha value is -1.23. The van der Waals surface area contributed by atoms with Gasteiger partial charge in [0.05, 0.1) is 0 Å². The molecule has 1 aromatic rings. The minimum Gasteiger partial charge on any atom is -0.367 e. The average molecular weight is 209 g/mol. The summed E-state index contributed by atoms with van der Waals surface area (Å²) in [6.45, 7) is 2.49. The fourth-order valence-corrected chi connectivity index (χ4v) is 1.85. The molecule has 15 heavy (non-hydrogen) atoms. The fourth-order valence-electron chi connectivity index (χ4n) is 1.85. The van der Waals surface area contributed by atoms with Gasteiger partial charge in [0.15, 0.2) is 5.82 Å². The molecule has 0 bridgehead atoms. The minimum atomic E-state index is -0.709. The van der Waals surface area contributed by atoms with Gasteiger partial charge in [-0.05, 0) is 26.2 Å². The molecule has 1 aromatic heterocycles.